The van der Waals surface area contributed by atoms with Crippen molar-refractivity contribution in [3.8, 4) is 5.75 Å². The summed E-state index contributed by atoms with van der Waals surface area (Å²) in [6.45, 7) is 5.72. The first-order valence-electron chi connectivity index (χ1n) is 6.30. The van der Waals surface area contributed by atoms with Crippen molar-refractivity contribution in [3.05, 3.63) is 40.5 Å². The number of carboxylic acids is 1. The van der Waals surface area contributed by atoms with E-state index in [-0.39, 0.29) is 12.2 Å². The van der Waals surface area contributed by atoms with Gasteiger partial charge in [0.25, 0.3) is 5.89 Å². The third-order valence-corrected chi connectivity index (χ3v) is 2.87. The van der Waals surface area contributed by atoms with Gasteiger partial charge < -0.3 is 14.4 Å². The monoisotopic (exact) mass is 276 g/mol. The number of nitrogens with zero attached hydrogens (tertiary/aromatic N) is 2. The van der Waals surface area contributed by atoms with Crippen LogP contribution in [0, 0.1) is 13.8 Å². The van der Waals surface area contributed by atoms with E-state index in [0.29, 0.717) is 23.9 Å². The minimum atomic E-state index is -0.952. The molecule has 0 atom stereocenters. The molecule has 20 heavy (non-hydrogen) atoms. The maximum atomic E-state index is 11.0. The van der Waals surface area contributed by atoms with Crippen molar-refractivity contribution < 1.29 is 19.2 Å². The Morgan fingerprint density at radius 2 is 2.00 bits per heavy atom. The fourth-order valence-electron chi connectivity index (χ4n) is 1.93. The quantitative estimate of drug-likeness (QED) is 0.903. The van der Waals surface area contributed by atoms with Crippen molar-refractivity contribution in [2.75, 3.05) is 0 Å². The second-order valence-electron chi connectivity index (χ2n) is 4.49. The van der Waals surface area contributed by atoms with E-state index in [0.717, 1.165) is 11.1 Å². The number of aromatic nitrogens is 2. The van der Waals surface area contributed by atoms with Crippen LogP contribution >= 0.6 is 0 Å². The topological polar surface area (TPSA) is 85.5 Å². The zero-order valence-corrected chi connectivity index (χ0v) is 11.6. The molecule has 0 unspecified atom stereocenters. The molecule has 0 spiro atoms. The Balaban J connectivity index is 2.15. The first-order chi connectivity index (χ1) is 9.51. The van der Waals surface area contributed by atoms with Crippen molar-refractivity contribution in [2.45, 2.75) is 33.8 Å². The average molecular weight is 276 g/mol. The molecule has 0 bridgehead atoms. The van der Waals surface area contributed by atoms with Gasteiger partial charge in [-0.2, -0.15) is 4.98 Å². The third-order valence-electron chi connectivity index (χ3n) is 2.87. The van der Waals surface area contributed by atoms with E-state index in [1.807, 2.05) is 6.92 Å². The Hall–Kier alpha value is -2.37. The summed E-state index contributed by atoms with van der Waals surface area (Å²) < 4.78 is 10.7. The first-order valence-corrected chi connectivity index (χ1v) is 6.30. The highest BCUT2D eigenvalue weighted by Crippen LogP contribution is 2.25. The molecular weight excluding hydrogens is 260 g/mol. The summed E-state index contributed by atoms with van der Waals surface area (Å²) in [7, 11) is 0. The number of benzene rings is 1. The Kier molecular flexibility index (Phi) is 4.02. The molecule has 0 aliphatic heterocycles. The lowest BCUT2D eigenvalue weighted by atomic mass is 10.1. The largest absolute Gasteiger partial charge is 0.483 e. The smallest absolute Gasteiger partial charge is 0.335 e. The van der Waals surface area contributed by atoms with Gasteiger partial charge in [-0.15, -0.1) is 0 Å². The summed E-state index contributed by atoms with van der Waals surface area (Å²) >= 11 is 0. The van der Waals surface area contributed by atoms with Gasteiger partial charge in [-0.25, -0.2) is 4.79 Å². The van der Waals surface area contributed by atoms with Crippen molar-refractivity contribution in [3.63, 3.8) is 0 Å². The molecule has 1 aromatic carbocycles. The third kappa shape index (κ3) is 2.96. The van der Waals surface area contributed by atoms with Crippen LogP contribution in [0.5, 0.6) is 5.75 Å². The lowest BCUT2D eigenvalue weighted by Crippen LogP contribution is -2.03. The molecule has 1 N–H and O–H groups in total. The molecule has 0 aliphatic carbocycles. The van der Waals surface area contributed by atoms with E-state index in [1.54, 1.807) is 26.0 Å². The van der Waals surface area contributed by atoms with Gasteiger partial charge in [0, 0.05) is 6.42 Å². The zero-order chi connectivity index (χ0) is 14.7. The molecule has 0 amide bonds. The van der Waals surface area contributed by atoms with Gasteiger partial charge in [0.2, 0.25) is 0 Å². The van der Waals surface area contributed by atoms with Crippen LogP contribution in [0.1, 0.15) is 40.1 Å². The SMILES string of the molecule is CCc1noc(COc2c(C)cc(C(=O)O)cc2C)n1. The number of ether oxygens (including phenoxy) is 1. The fourth-order valence-corrected chi connectivity index (χ4v) is 1.93. The molecule has 6 nitrogen and oxygen atoms in total. The maximum Gasteiger partial charge on any atom is 0.335 e. The van der Waals surface area contributed by atoms with Crippen LogP contribution in [-0.2, 0) is 13.0 Å². The zero-order valence-electron chi connectivity index (χ0n) is 11.6. The fraction of sp³-hybridized carbons (Fsp3) is 0.357. The van der Waals surface area contributed by atoms with Gasteiger partial charge in [0.15, 0.2) is 12.4 Å². The molecule has 2 aromatic rings. The highest BCUT2D eigenvalue weighted by molar-refractivity contribution is 5.88. The predicted octanol–water partition coefficient (Wildman–Crippen LogP) is 2.53. The summed E-state index contributed by atoms with van der Waals surface area (Å²) in [5.74, 6) is 0.736. The molecular formula is C14H16N2O4. The minimum absolute atomic E-state index is 0.168. The van der Waals surface area contributed by atoms with Crippen LogP contribution in [0.4, 0.5) is 0 Å². The molecule has 6 heteroatoms. The number of carboxylic acid groups (broad SMARTS) is 1. The molecule has 0 saturated carbocycles. The molecule has 1 heterocycles. The van der Waals surface area contributed by atoms with Crippen molar-refractivity contribution in [1.82, 2.24) is 10.1 Å². The van der Waals surface area contributed by atoms with Crippen molar-refractivity contribution in [1.29, 1.82) is 0 Å². The van der Waals surface area contributed by atoms with E-state index < -0.39 is 5.97 Å². The molecule has 0 saturated heterocycles. The summed E-state index contributed by atoms with van der Waals surface area (Å²) in [6.07, 6.45) is 0.703. The van der Waals surface area contributed by atoms with E-state index in [9.17, 15) is 4.79 Å². The van der Waals surface area contributed by atoms with Gasteiger partial charge >= 0.3 is 5.97 Å². The Bertz CT molecular complexity index is 611. The standard InChI is InChI=1S/C14H16N2O4/c1-4-11-15-12(20-16-11)7-19-13-8(2)5-10(14(17)18)6-9(13)3/h5-6H,4,7H2,1-3H3,(H,17,18). The summed E-state index contributed by atoms with van der Waals surface area (Å²) in [4.78, 5) is 15.1. The van der Waals surface area contributed by atoms with Crippen LogP contribution in [0.25, 0.3) is 0 Å². The normalized spacial score (nSPS) is 10.6. The molecule has 2 rings (SSSR count). The van der Waals surface area contributed by atoms with Gasteiger partial charge in [-0.05, 0) is 37.1 Å². The van der Waals surface area contributed by atoms with Crippen LogP contribution < -0.4 is 4.74 Å². The second kappa shape index (κ2) is 5.73. The van der Waals surface area contributed by atoms with Crippen LogP contribution in [0.2, 0.25) is 0 Å². The van der Waals surface area contributed by atoms with E-state index in [4.69, 9.17) is 14.4 Å². The van der Waals surface area contributed by atoms with Crippen molar-refractivity contribution in [2.24, 2.45) is 0 Å². The highest BCUT2D eigenvalue weighted by Gasteiger charge is 2.12. The molecule has 0 aliphatic rings. The van der Waals surface area contributed by atoms with E-state index >= 15 is 0 Å². The van der Waals surface area contributed by atoms with Crippen LogP contribution in [0.3, 0.4) is 0 Å². The summed E-state index contributed by atoms with van der Waals surface area (Å²) in [6, 6.07) is 3.16. The summed E-state index contributed by atoms with van der Waals surface area (Å²) in [5.41, 5.74) is 1.77. The minimum Gasteiger partial charge on any atom is -0.483 e. The van der Waals surface area contributed by atoms with E-state index in [2.05, 4.69) is 10.1 Å². The lowest BCUT2D eigenvalue weighted by molar-refractivity contribution is 0.0696. The Morgan fingerprint density at radius 3 is 2.50 bits per heavy atom. The number of hydrogen-bond acceptors (Lipinski definition) is 5. The maximum absolute atomic E-state index is 11.0. The summed E-state index contributed by atoms with van der Waals surface area (Å²) in [5, 5.41) is 12.8. The van der Waals surface area contributed by atoms with Crippen molar-refractivity contribution >= 4 is 5.97 Å². The Labute approximate surface area is 116 Å². The number of aromatic carboxylic acids is 1. The number of aryl methyl sites for hydroxylation is 3. The van der Waals surface area contributed by atoms with Gasteiger partial charge in [-0.1, -0.05) is 12.1 Å². The molecule has 106 valence electrons. The number of carbonyl (C=O) groups is 1. The second-order valence-corrected chi connectivity index (χ2v) is 4.49. The number of rotatable bonds is 5. The van der Waals surface area contributed by atoms with Crippen LogP contribution in [0.15, 0.2) is 16.7 Å². The molecule has 0 radical (unpaired) electrons. The van der Waals surface area contributed by atoms with Gasteiger partial charge in [0.05, 0.1) is 5.56 Å². The predicted molar refractivity (Wildman–Crippen MR) is 70.9 cm³/mol. The van der Waals surface area contributed by atoms with Crippen LogP contribution in [-0.4, -0.2) is 21.2 Å². The van der Waals surface area contributed by atoms with Gasteiger partial charge in [0.1, 0.15) is 5.75 Å². The first kappa shape index (κ1) is 14.0. The lowest BCUT2D eigenvalue weighted by Gasteiger charge is -2.11. The molecule has 1 aromatic heterocycles. The van der Waals surface area contributed by atoms with E-state index in [1.165, 1.54) is 0 Å². The van der Waals surface area contributed by atoms with Gasteiger partial charge in [-0.3, -0.25) is 0 Å². The average Bonchev–Trinajstić information content (AvgIpc) is 2.85. The molecule has 0 fully saturated rings. The number of hydrogen-bond donors (Lipinski definition) is 1. The highest BCUT2D eigenvalue weighted by atomic mass is 16.5. The Morgan fingerprint density at radius 1 is 1.35 bits per heavy atom.